The third-order valence-electron chi connectivity index (χ3n) is 4.32. The first kappa shape index (κ1) is 15.9. The van der Waals surface area contributed by atoms with Crippen LogP contribution in [0.1, 0.15) is 62.7 Å². The highest BCUT2D eigenvalue weighted by molar-refractivity contribution is 5.94. The van der Waals surface area contributed by atoms with Crippen LogP contribution in [0.5, 0.6) is 0 Å². The van der Waals surface area contributed by atoms with Gasteiger partial charge in [0.1, 0.15) is 0 Å². The van der Waals surface area contributed by atoms with E-state index in [4.69, 9.17) is 0 Å². The van der Waals surface area contributed by atoms with Crippen LogP contribution < -0.4 is 10.6 Å². The van der Waals surface area contributed by atoms with E-state index < -0.39 is 0 Å². The quantitative estimate of drug-likeness (QED) is 0.797. The Hall–Kier alpha value is -1.51. The van der Waals surface area contributed by atoms with Crippen LogP contribution in [-0.2, 0) is 0 Å². The first-order chi connectivity index (χ1) is 10.2. The van der Waals surface area contributed by atoms with Crippen LogP contribution in [0.3, 0.4) is 0 Å². The van der Waals surface area contributed by atoms with Gasteiger partial charge in [-0.2, -0.15) is 0 Å². The van der Waals surface area contributed by atoms with E-state index >= 15 is 0 Å². The minimum Gasteiger partial charge on any atom is -0.385 e. The molecule has 1 aromatic rings. The number of carbonyl (C=O) groups is 1. The average molecular weight is 288 g/mol. The van der Waals surface area contributed by atoms with Gasteiger partial charge in [0.25, 0.3) is 5.91 Å². The van der Waals surface area contributed by atoms with E-state index in [1.54, 1.807) is 0 Å². The Labute approximate surface area is 128 Å². The molecule has 21 heavy (non-hydrogen) atoms. The van der Waals surface area contributed by atoms with Gasteiger partial charge >= 0.3 is 0 Å². The van der Waals surface area contributed by atoms with Gasteiger partial charge in [-0.25, -0.2) is 0 Å². The molecule has 1 fully saturated rings. The topological polar surface area (TPSA) is 41.1 Å². The Morgan fingerprint density at radius 3 is 2.62 bits per heavy atom. The average Bonchev–Trinajstić information content (AvgIpc) is 2.70. The van der Waals surface area contributed by atoms with Crippen molar-refractivity contribution in [2.45, 2.75) is 58.4 Å². The van der Waals surface area contributed by atoms with Crippen LogP contribution in [0, 0.1) is 5.92 Å². The van der Waals surface area contributed by atoms with Crippen LogP contribution >= 0.6 is 0 Å². The monoisotopic (exact) mass is 288 g/mol. The summed E-state index contributed by atoms with van der Waals surface area (Å²) in [6.45, 7) is 5.42. The van der Waals surface area contributed by atoms with Crippen molar-refractivity contribution in [3.8, 4) is 0 Å². The van der Waals surface area contributed by atoms with Gasteiger partial charge in [-0.05, 0) is 55.9 Å². The van der Waals surface area contributed by atoms with Gasteiger partial charge in [0.05, 0.1) is 0 Å². The van der Waals surface area contributed by atoms with Gasteiger partial charge in [-0.1, -0.05) is 26.7 Å². The van der Waals surface area contributed by atoms with E-state index in [-0.39, 0.29) is 5.91 Å². The molecule has 2 N–H and O–H groups in total. The van der Waals surface area contributed by atoms with Crippen molar-refractivity contribution in [1.29, 1.82) is 0 Å². The summed E-state index contributed by atoms with van der Waals surface area (Å²) < 4.78 is 0. The standard InChI is InChI=1S/C18H28N2O/c1-3-13-19-16-11-8-15(9-12-16)18(21)20-17-6-4-5-14(2)7-10-17/h8-9,11-12,14,17,19H,3-7,10,13H2,1-2H3,(H,20,21). The molecule has 3 nitrogen and oxygen atoms in total. The molecule has 0 bridgehead atoms. The van der Waals surface area contributed by atoms with Crippen molar-refractivity contribution < 1.29 is 4.79 Å². The van der Waals surface area contributed by atoms with E-state index in [1.807, 2.05) is 24.3 Å². The van der Waals surface area contributed by atoms with Crippen LogP contribution in [-0.4, -0.2) is 18.5 Å². The summed E-state index contributed by atoms with van der Waals surface area (Å²) in [4.78, 5) is 12.3. The number of rotatable bonds is 5. The lowest BCUT2D eigenvalue weighted by Crippen LogP contribution is -2.34. The molecule has 0 radical (unpaired) electrons. The molecule has 3 heteroatoms. The summed E-state index contributed by atoms with van der Waals surface area (Å²) in [6, 6.07) is 8.14. The van der Waals surface area contributed by atoms with E-state index in [1.165, 1.54) is 19.3 Å². The molecule has 2 unspecified atom stereocenters. The zero-order valence-corrected chi connectivity index (χ0v) is 13.3. The predicted octanol–water partition coefficient (Wildman–Crippen LogP) is 4.21. The van der Waals surface area contributed by atoms with Gasteiger partial charge in [0, 0.05) is 23.8 Å². The SMILES string of the molecule is CCCNc1ccc(C(=O)NC2CCCC(C)CC2)cc1. The summed E-state index contributed by atoms with van der Waals surface area (Å²) in [5.41, 5.74) is 1.84. The van der Waals surface area contributed by atoms with Crippen LogP contribution in [0.2, 0.25) is 0 Å². The van der Waals surface area contributed by atoms with Crippen molar-refractivity contribution in [2.24, 2.45) is 5.92 Å². The maximum absolute atomic E-state index is 12.3. The number of nitrogens with one attached hydrogen (secondary N) is 2. The fourth-order valence-corrected chi connectivity index (χ4v) is 2.91. The second-order valence-electron chi connectivity index (χ2n) is 6.29. The van der Waals surface area contributed by atoms with Gasteiger partial charge in [-0.3, -0.25) is 4.79 Å². The number of amides is 1. The normalized spacial score (nSPS) is 22.4. The second-order valence-corrected chi connectivity index (χ2v) is 6.29. The highest BCUT2D eigenvalue weighted by Crippen LogP contribution is 2.23. The molecule has 0 aliphatic heterocycles. The Balaban J connectivity index is 1.87. The lowest BCUT2D eigenvalue weighted by atomic mass is 10.0. The van der Waals surface area contributed by atoms with Crippen molar-refractivity contribution in [1.82, 2.24) is 5.32 Å². The van der Waals surface area contributed by atoms with E-state index in [0.717, 1.165) is 43.0 Å². The van der Waals surface area contributed by atoms with Gasteiger partial charge in [0.2, 0.25) is 0 Å². The van der Waals surface area contributed by atoms with Crippen LogP contribution in [0.4, 0.5) is 5.69 Å². The first-order valence-electron chi connectivity index (χ1n) is 8.34. The Morgan fingerprint density at radius 1 is 1.14 bits per heavy atom. The van der Waals surface area contributed by atoms with E-state index in [9.17, 15) is 4.79 Å². The zero-order chi connectivity index (χ0) is 15.1. The van der Waals surface area contributed by atoms with Gasteiger partial charge in [-0.15, -0.1) is 0 Å². The molecule has 0 saturated heterocycles. The number of benzene rings is 1. The van der Waals surface area contributed by atoms with Crippen molar-refractivity contribution in [3.05, 3.63) is 29.8 Å². The highest BCUT2D eigenvalue weighted by atomic mass is 16.1. The lowest BCUT2D eigenvalue weighted by molar-refractivity contribution is 0.0933. The van der Waals surface area contributed by atoms with Crippen LogP contribution in [0.25, 0.3) is 0 Å². The van der Waals surface area contributed by atoms with Gasteiger partial charge in [0.15, 0.2) is 0 Å². The lowest BCUT2D eigenvalue weighted by Gasteiger charge is -2.16. The third-order valence-corrected chi connectivity index (χ3v) is 4.32. The van der Waals surface area contributed by atoms with E-state index in [2.05, 4.69) is 24.5 Å². The molecular formula is C18H28N2O. The Morgan fingerprint density at radius 2 is 1.90 bits per heavy atom. The minimum atomic E-state index is 0.0663. The Bertz CT molecular complexity index is 441. The maximum Gasteiger partial charge on any atom is 0.251 e. The predicted molar refractivity (Wildman–Crippen MR) is 88.7 cm³/mol. The number of anilines is 1. The third kappa shape index (κ3) is 5.07. The van der Waals surface area contributed by atoms with Crippen molar-refractivity contribution in [3.63, 3.8) is 0 Å². The summed E-state index contributed by atoms with van der Waals surface area (Å²) in [7, 11) is 0. The Kier molecular flexibility index (Phi) is 6.09. The molecule has 1 amide bonds. The minimum absolute atomic E-state index is 0.0663. The molecule has 116 valence electrons. The first-order valence-corrected chi connectivity index (χ1v) is 8.34. The highest BCUT2D eigenvalue weighted by Gasteiger charge is 2.18. The smallest absolute Gasteiger partial charge is 0.251 e. The number of hydrogen-bond donors (Lipinski definition) is 2. The number of carbonyl (C=O) groups excluding carboxylic acids is 1. The second kappa shape index (κ2) is 8.06. The molecule has 0 aromatic heterocycles. The fourth-order valence-electron chi connectivity index (χ4n) is 2.91. The van der Waals surface area contributed by atoms with Crippen molar-refractivity contribution >= 4 is 11.6 Å². The molecule has 0 spiro atoms. The molecular weight excluding hydrogens is 260 g/mol. The zero-order valence-electron chi connectivity index (χ0n) is 13.3. The molecule has 1 aromatic carbocycles. The summed E-state index contributed by atoms with van der Waals surface area (Å²) in [6.07, 6.45) is 7.08. The molecule has 1 aliphatic rings. The molecule has 1 aliphatic carbocycles. The molecule has 1 saturated carbocycles. The molecule has 2 rings (SSSR count). The summed E-state index contributed by atoms with van der Waals surface area (Å²) in [5.74, 6) is 0.868. The molecule has 0 heterocycles. The van der Waals surface area contributed by atoms with Crippen molar-refractivity contribution in [2.75, 3.05) is 11.9 Å². The van der Waals surface area contributed by atoms with Gasteiger partial charge < -0.3 is 10.6 Å². The largest absolute Gasteiger partial charge is 0.385 e. The maximum atomic E-state index is 12.3. The summed E-state index contributed by atoms with van der Waals surface area (Å²) in [5, 5.41) is 6.52. The fraction of sp³-hybridized carbons (Fsp3) is 0.611. The van der Waals surface area contributed by atoms with E-state index in [0.29, 0.717) is 6.04 Å². The molecule has 2 atom stereocenters. The summed E-state index contributed by atoms with van der Waals surface area (Å²) >= 11 is 0. The van der Waals surface area contributed by atoms with Crippen LogP contribution in [0.15, 0.2) is 24.3 Å². The number of hydrogen-bond acceptors (Lipinski definition) is 2.